The summed E-state index contributed by atoms with van der Waals surface area (Å²) in [5, 5.41) is 11.4. The van der Waals surface area contributed by atoms with Crippen molar-refractivity contribution in [3.8, 4) is 11.5 Å². The highest BCUT2D eigenvalue weighted by Gasteiger charge is 2.45. The minimum atomic E-state index is -0.831. The van der Waals surface area contributed by atoms with Crippen LogP contribution in [0.2, 0.25) is 0 Å². The van der Waals surface area contributed by atoms with E-state index in [1.165, 1.54) is 37.6 Å². The summed E-state index contributed by atoms with van der Waals surface area (Å²) in [5.41, 5.74) is 1.13. The van der Waals surface area contributed by atoms with E-state index in [0.717, 1.165) is 5.01 Å². The summed E-state index contributed by atoms with van der Waals surface area (Å²) in [6.07, 6.45) is 0. The molecule has 30 heavy (non-hydrogen) atoms. The van der Waals surface area contributed by atoms with Crippen molar-refractivity contribution in [1.29, 1.82) is 0 Å². The monoisotopic (exact) mass is 432 g/mol. The van der Waals surface area contributed by atoms with Gasteiger partial charge in [0.15, 0.2) is 5.76 Å². The number of benzene rings is 1. The number of rotatable bonds is 8. The summed E-state index contributed by atoms with van der Waals surface area (Å²) in [7, 11) is 4.55. The zero-order valence-electron chi connectivity index (χ0n) is 17.5. The summed E-state index contributed by atoms with van der Waals surface area (Å²) in [4.78, 5) is 32.4. The Labute approximate surface area is 178 Å². The fourth-order valence-corrected chi connectivity index (χ4v) is 4.41. The van der Waals surface area contributed by atoms with E-state index in [1.807, 2.05) is 0 Å². The van der Waals surface area contributed by atoms with Crippen LogP contribution in [0.1, 0.15) is 32.0 Å². The summed E-state index contributed by atoms with van der Waals surface area (Å²) in [5.74, 6) is -0.613. The molecular formula is C21H24N2O6S. The number of aryl methyl sites for hydroxylation is 2. The quantitative estimate of drug-likeness (QED) is 0.640. The number of carbonyl (C=O) groups is 2. The first kappa shape index (κ1) is 21.8. The normalized spacial score (nSPS) is 16.4. The Morgan fingerprint density at radius 2 is 1.97 bits per heavy atom. The number of ether oxygens (including phenoxy) is 3. The van der Waals surface area contributed by atoms with Crippen molar-refractivity contribution in [1.82, 2.24) is 9.88 Å². The fraction of sp³-hybridized carbons (Fsp3) is 0.381. The minimum Gasteiger partial charge on any atom is -0.503 e. The number of Topliss-reactive ketones (excluding diaryl/α,β-unsaturated/α-hetero) is 1. The number of aliphatic hydroxyl groups is 1. The molecule has 9 heteroatoms. The van der Waals surface area contributed by atoms with Crippen molar-refractivity contribution in [2.45, 2.75) is 19.9 Å². The van der Waals surface area contributed by atoms with Gasteiger partial charge in [-0.1, -0.05) is 0 Å². The molecule has 2 aromatic rings. The van der Waals surface area contributed by atoms with Crippen LogP contribution >= 0.6 is 11.3 Å². The molecule has 0 aliphatic carbocycles. The first-order valence-corrected chi connectivity index (χ1v) is 10.1. The zero-order valence-corrected chi connectivity index (χ0v) is 18.3. The van der Waals surface area contributed by atoms with E-state index in [9.17, 15) is 14.7 Å². The number of thiazole rings is 1. The van der Waals surface area contributed by atoms with E-state index in [1.54, 1.807) is 32.0 Å². The summed E-state index contributed by atoms with van der Waals surface area (Å²) >= 11 is 1.23. The van der Waals surface area contributed by atoms with Gasteiger partial charge in [0.2, 0.25) is 5.78 Å². The molecule has 3 rings (SSSR count). The van der Waals surface area contributed by atoms with Crippen LogP contribution in [0.25, 0.3) is 0 Å². The van der Waals surface area contributed by atoms with Gasteiger partial charge in [-0.2, -0.15) is 0 Å². The van der Waals surface area contributed by atoms with E-state index >= 15 is 0 Å². The van der Waals surface area contributed by atoms with Crippen molar-refractivity contribution in [3.05, 3.63) is 50.7 Å². The molecule has 2 heterocycles. The van der Waals surface area contributed by atoms with Gasteiger partial charge in [-0.25, -0.2) is 4.98 Å². The van der Waals surface area contributed by atoms with Crippen LogP contribution in [-0.2, 0) is 9.53 Å². The molecule has 1 aromatic heterocycles. The second-order valence-corrected chi connectivity index (χ2v) is 7.94. The number of methoxy groups -OCH3 is 3. The molecule has 0 radical (unpaired) electrons. The first-order valence-electron chi connectivity index (χ1n) is 9.27. The molecule has 1 aliphatic heterocycles. The summed E-state index contributed by atoms with van der Waals surface area (Å²) in [6.45, 7) is 3.97. The number of aliphatic hydroxyl groups excluding tert-OH is 1. The second-order valence-electron chi connectivity index (χ2n) is 6.74. The van der Waals surface area contributed by atoms with Gasteiger partial charge < -0.3 is 24.2 Å². The number of amides is 1. The maximum atomic E-state index is 13.4. The average molecular weight is 432 g/mol. The van der Waals surface area contributed by atoms with Crippen LogP contribution in [-0.4, -0.2) is 61.2 Å². The van der Waals surface area contributed by atoms with Crippen LogP contribution < -0.4 is 9.47 Å². The second kappa shape index (κ2) is 8.85. The molecule has 0 bridgehead atoms. The standard InChI is InChI=1S/C21H24N2O6S/c1-11-20(30-12(2)22-11)18(24)16-17(23(8-9-27-3)21(26)19(16)25)14-7-6-13(28-4)10-15(14)29-5/h6-7,10,17,25H,8-9H2,1-5H3. The number of ketones is 1. The van der Waals surface area contributed by atoms with Gasteiger partial charge in [-0.3, -0.25) is 9.59 Å². The minimum absolute atomic E-state index is 0.00585. The molecule has 1 aromatic carbocycles. The Kier molecular flexibility index (Phi) is 6.42. The summed E-state index contributed by atoms with van der Waals surface area (Å²) < 4.78 is 15.9. The number of hydrogen-bond acceptors (Lipinski definition) is 8. The van der Waals surface area contributed by atoms with Gasteiger partial charge in [0.1, 0.15) is 11.5 Å². The first-order chi connectivity index (χ1) is 14.3. The number of nitrogens with zero attached hydrogens (tertiary/aromatic N) is 2. The Hall–Kier alpha value is -2.91. The maximum absolute atomic E-state index is 13.4. The lowest BCUT2D eigenvalue weighted by Crippen LogP contribution is -2.34. The van der Waals surface area contributed by atoms with Crippen molar-refractivity contribution in [2.75, 3.05) is 34.5 Å². The number of carbonyl (C=O) groups excluding carboxylic acids is 2. The number of hydrogen-bond donors (Lipinski definition) is 1. The molecule has 0 saturated heterocycles. The zero-order chi connectivity index (χ0) is 22.0. The van der Waals surface area contributed by atoms with Gasteiger partial charge in [0.05, 0.1) is 48.0 Å². The van der Waals surface area contributed by atoms with Crippen molar-refractivity contribution >= 4 is 23.0 Å². The van der Waals surface area contributed by atoms with Gasteiger partial charge >= 0.3 is 0 Å². The van der Waals surface area contributed by atoms with Crippen LogP contribution in [0, 0.1) is 13.8 Å². The van der Waals surface area contributed by atoms with Crippen molar-refractivity contribution in [2.24, 2.45) is 0 Å². The SMILES string of the molecule is COCCN1C(=O)C(O)=C(C(=O)c2sc(C)nc2C)C1c1ccc(OC)cc1OC. The Bertz CT molecular complexity index is 1010. The van der Waals surface area contributed by atoms with Crippen molar-refractivity contribution < 1.29 is 28.9 Å². The lowest BCUT2D eigenvalue weighted by Gasteiger charge is -2.27. The molecule has 1 N–H and O–H groups in total. The van der Waals surface area contributed by atoms with Crippen LogP contribution in [0.15, 0.2) is 29.5 Å². The topological polar surface area (TPSA) is 98.2 Å². The predicted molar refractivity (Wildman–Crippen MR) is 111 cm³/mol. The van der Waals surface area contributed by atoms with Crippen LogP contribution in [0.5, 0.6) is 11.5 Å². The lowest BCUT2D eigenvalue weighted by atomic mass is 9.94. The largest absolute Gasteiger partial charge is 0.503 e. The third-order valence-electron chi connectivity index (χ3n) is 4.93. The van der Waals surface area contributed by atoms with E-state index < -0.39 is 23.5 Å². The lowest BCUT2D eigenvalue weighted by molar-refractivity contribution is -0.130. The van der Waals surface area contributed by atoms with E-state index in [2.05, 4.69) is 4.98 Å². The molecule has 1 atom stereocenters. The predicted octanol–water partition coefficient (Wildman–Crippen LogP) is 3.00. The highest BCUT2D eigenvalue weighted by Crippen LogP contribution is 2.43. The average Bonchev–Trinajstić information content (AvgIpc) is 3.21. The molecule has 0 saturated carbocycles. The van der Waals surface area contributed by atoms with Gasteiger partial charge in [0, 0.05) is 25.3 Å². The van der Waals surface area contributed by atoms with Crippen LogP contribution in [0.4, 0.5) is 0 Å². The number of aromatic nitrogens is 1. The molecule has 1 aliphatic rings. The third-order valence-corrected chi connectivity index (χ3v) is 6.00. The Balaban J connectivity index is 2.17. The molecule has 8 nitrogen and oxygen atoms in total. The third kappa shape index (κ3) is 3.78. The van der Waals surface area contributed by atoms with Crippen molar-refractivity contribution in [3.63, 3.8) is 0 Å². The highest BCUT2D eigenvalue weighted by atomic mass is 32.1. The molecule has 1 amide bonds. The Morgan fingerprint density at radius 3 is 2.53 bits per heavy atom. The molecule has 160 valence electrons. The highest BCUT2D eigenvalue weighted by molar-refractivity contribution is 7.14. The Morgan fingerprint density at radius 1 is 1.23 bits per heavy atom. The molecular weight excluding hydrogens is 408 g/mol. The summed E-state index contributed by atoms with van der Waals surface area (Å²) in [6, 6.07) is 4.29. The molecule has 0 fully saturated rings. The molecule has 0 spiro atoms. The van der Waals surface area contributed by atoms with Gasteiger partial charge in [-0.15, -0.1) is 11.3 Å². The van der Waals surface area contributed by atoms with E-state index in [4.69, 9.17) is 14.2 Å². The van der Waals surface area contributed by atoms with Crippen LogP contribution in [0.3, 0.4) is 0 Å². The van der Waals surface area contributed by atoms with E-state index in [0.29, 0.717) is 27.6 Å². The van der Waals surface area contributed by atoms with Gasteiger partial charge in [0.25, 0.3) is 5.91 Å². The van der Waals surface area contributed by atoms with Gasteiger partial charge in [-0.05, 0) is 26.0 Å². The smallest absolute Gasteiger partial charge is 0.290 e. The molecule has 1 unspecified atom stereocenters. The maximum Gasteiger partial charge on any atom is 0.290 e. The fourth-order valence-electron chi connectivity index (χ4n) is 3.54. The van der Waals surface area contributed by atoms with E-state index in [-0.39, 0.29) is 18.7 Å².